The van der Waals surface area contributed by atoms with E-state index in [1.807, 2.05) is 66.7 Å². The lowest BCUT2D eigenvalue weighted by atomic mass is 9.79. The maximum atomic E-state index is 11.2. The molecule has 0 amide bonds. The van der Waals surface area contributed by atoms with Crippen LogP contribution in [0.4, 0.5) is 0 Å². The van der Waals surface area contributed by atoms with Crippen LogP contribution in [0, 0.1) is 0 Å². The first-order valence-electron chi connectivity index (χ1n) is 12.1. The average molecular weight is 485 g/mol. The lowest BCUT2D eigenvalue weighted by Crippen LogP contribution is -2.06. The molecule has 0 heterocycles. The van der Waals surface area contributed by atoms with Crippen molar-refractivity contribution < 1.29 is 20.4 Å². The van der Waals surface area contributed by atoms with E-state index in [0.717, 1.165) is 16.7 Å². The fourth-order valence-electron chi connectivity index (χ4n) is 5.29. The van der Waals surface area contributed by atoms with Crippen LogP contribution in [0.5, 0.6) is 23.0 Å². The zero-order valence-corrected chi connectivity index (χ0v) is 19.8. The van der Waals surface area contributed by atoms with Gasteiger partial charge in [0.1, 0.15) is 23.0 Å². The van der Waals surface area contributed by atoms with Crippen molar-refractivity contribution in [3.63, 3.8) is 0 Å². The van der Waals surface area contributed by atoms with Crippen molar-refractivity contribution in [2.24, 2.45) is 0 Å². The number of aromatic hydroxyl groups is 4. The predicted octanol–water partition coefficient (Wildman–Crippen LogP) is 7.66. The Morgan fingerprint density at radius 3 is 1.35 bits per heavy atom. The van der Waals surface area contributed by atoms with Gasteiger partial charge in [-0.05, 0) is 63.9 Å². The van der Waals surface area contributed by atoms with Gasteiger partial charge in [-0.15, -0.1) is 0 Å². The molecule has 0 aromatic heterocycles. The van der Waals surface area contributed by atoms with Gasteiger partial charge in [0, 0.05) is 27.8 Å². The zero-order valence-electron chi connectivity index (χ0n) is 19.8. The van der Waals surface area contributed by atoms with Gasteiger partial charge in [-0.2, -0.15) is 0 Å². The van der Waals surface area contributed by atoms with Crippen LogP contribution in [-0.4, -0.2) is 20.4 Å². The monoisotopic (exact) mass is 484 g/mol. The van der Waals surface area contributed by atoms with Crippen LogP contribution >= 0.6 is 0 Å². The highest BCUT2D eigenvalue weighted by molar-refractivity contribution is 5.97. The van der Waals surface area contributed by atoms with Crippen molar-refractivity contribution >= 4 is 21.5 Å². The summed E-state index contributed by atoms with van der Waals surface area (Å²) in [5.41, 5.74) is 4.10. The molecule has 4 nitrogen and oxygen atoms in total. The lowest BCUT2D eigenvalue weighted by molar-refractivity contribution is 0.460. The molecule has 0 aliphatic rings. The number of phenolic OH excluding ortho intramolecular Hbond substituents is 4. The second-order valence-electron chi connectivity index (χ2n) is 9.16. The molecule has 6 aromatic rings. The summed E-state index contributed by atoms with van der Waals surface area (Å²) < 4.78 is 0. The van der Waals surface area contributed by atoms with Gasteiger partial charge in [-0.3, -0.25) is 0 Å². The molecule has 4 N–H and O–H groups in total. The van der Waals surface area contributed by atoms with Gasteiger partial charge in [0.15, 0.2) is 0 Å². The third kappa shape index (κ3) is 3.80. The fraction of sp³-hybridized carbons (Fsp3) is 0.0303. The van der Waals surface area contributed by atoms with Crippen LogP contribution in [0.3, 0.4) is 0 Å². The maximum absolute atomic E-state index is 11.2. The highest BCUT2D eigenvalue weighted by Gasteiger charge is 2.28. The summed E-state index contributed by atoms with van der Waals surface area (Å²) in [4.78, 5) is 0. The SMILES string of the molecule is Oc1ccc2c(O)cccc2c1C(c1ccc(-c2ccccc2)cc1)c1c(O)ccc2c(O)cccc12. The van der Waals surface area contributed by atoms with Crippen molar-refractivity contribution in [1.82, 2.24) is 0 Å². The molecule has 0 bridgehead atoms. The van der Waals surface area contributed by atoms with E-state index in [9.17, 15) is 20.4 Å². The van der Waals surface area contributed by atoms with Crippen LogP contribution < -0.4 is 0 Å². The number of fused-ring (bicyclic) bond motifs is 2. The van der Waals surface area contributed by atoms with Gasteiger partial charge in [0.25, 0.3) is 0 Å². The van der Waals surface area contributed by atoms with E-state index < -0.39 is 5.92 Å². The highest BCUT2D eigenvalue weighted by Crippen LogP contribution is 2.48. The van der Waals surface area contributed by atoms with Gasteiger partial charge in [0.2, 0.25) is 0 Å². The predicted molar refractivity (Wildman–Crippen MR) is 147 cm³/mol. The molecule has 0 radical (unpaired) electrons. The van der Waals surface area contributed by atoms with Gasteiger partial charge in [-0.25, -0.2) is 0 Å². The van der Waals surface area contributed by atoms with Crippen molar-refractivity contribution in [3.8, 4) is 34.1 Å². The third-order valence-electron chi connectivity index (χ3n) is 7.04. The van der Waals surface area contributed by atoms with E-state index in [-0.39, 0.29) is 23.0 Å². The molecule has 0 spiro atoms. The standard InChI is InChI=1S/C33H24O4/c34-27-10-4-8-25-23(27)16-18-29(36)32(25)31(22-14-12-21(13-15-22)20-6-2-1-3-7-20)33-26-9-5-11-28(35)24(26)17-19-30(33)37/h1-19,31,34-37H. The van der Waals surface area contributed by atoms with Gasteiger partial charge in [-0.1, -0.05) is 78.9 Å². The van der Waals surface area contributed by atoms with Crippen LogP contribution in [0.15, 0.2) is 115 Å². The smallest absolute Gasteiger partial charge is 0.123 e. The molecule has 0 fully saturated rings. The summed E-state index contributed by atoms with van der Waals surface area (Å²) in [5.74, 6) is -0.284. The Labute approximate surface area is 214 Å². The minimum atomic E-state index is -0.596. The first-order valence-corrected chi connectivity index (χ1v) is 12.1. The number of hydrogen-bond donors (Lipinski definition) is 4. The quantitative estimate of drug-likeness (QED) is 0.194. The molecule has 37 heavy (non-hydrogen) atoms. The van der Waals surface area contributed by atoms with Crippen molar-refractivity contribution in [1.29, 1.82) is 0 Å². The van der Waals surface area contributed by atoms with E-state index in [4.69, 9.17) is 0 Å². The molecule has 6 aromatic carbocycles. The zero-order chi connectivity index (χ0) is 25.5. The van der Waals surface area contributed by atoms with E-state index in [0.29, 0.717) is 32.7 Å². The minimum Gasteiger partial charge on any atom is -0.508 e. The van der Waals surface area contributed by atoms with Crippen molar-refractivity contribution in [2.45, 2.75) is 5.92 Å². The molecular weight excluding hydrogens is 460 g/mol. The molecule has 0 saturated carbocycles. The van der Waals surface area contributed by atoms with Gasteiger partial charge in [0.05, 0.1) is 0 Å². The summed E-state index contributed by atoms with van der Waals surface area (Å²) in [5, 5.41) is 46.2. The number of hydrogen-bond acceptors (Lipinski definition) is 4. The second-order valence-corrected chi connectivity index (χ2v) is 9.16. The first kappa shape index (κ1) is 22.5. The van der Waals surface area contributed by atoms with Crippen LogP contribution in [-0.2, 0) is 0 Å². The van der Waals surface area contributed by atoms with Crippen molar-refractivity contribution in [3.05, 3.63) is 132 Å². The molecular formula is C33H24O4. The Morgan fingerprint density at radius 2 is 0.838 bits per heavy atom. The second kappa shape index (κ2) is 8.92. The number of phenols is 4. The normalized spacial score (nSPS) is 11.4. The summed E-state index contributed by atoms with van der Waals surface area (Å²) in [6, 6.07) is 35.0. The summed E-state index contributed by atoms with van der Waals surface area (Å²) in [6.07, 6.45) is 0. The minimum absolute atomic E-state index is 0.0480. The Morgan fingerprint density at radius 1 is 0.351 bits per heavy atom. The molecule has 0 aliphatic heterocycles. The third-order valence-corrected chi connectivity index (χ3v) is 7.04. The first-order chi connectivity index (χ1) is 18.0. The van der Waals surface area contributed by atoms with Gasteiger partial charge >= 0.3 is 0 Å². The van der Waals surface area contributed by atoms with E-state index in [1.165, 1.54) is 0 Å². The van der Waals surface area contributed by atoms with Crippen molar-refractivity contribution in [2.75, 3.05) is 0 Å². The molecule has 4 heteroatoms. The van der Waals surface area contributed by atoms with E-state index in [1.54, 1.807) is 48.5 Å². The molecule has 0 unspecified atom stereocenters. The topological polar surface area (TPSA) is 80.9 Å². The van der Waals surface area contributed by atoms with Gasteiger partial charge < -0.3 is 20.4 Å². The summed E-state index contributed by atoms with van der Waals surface area (Å²) >= 11 is 0. The fourth-order valence-corrected chi connectivity index (χ4v) is 5.29. The highest BCUT2D eigenvalue weighted by atomic mass is 16.3. The van der Waals surface area contributed by atoms with Crippen LogP contribution in [0.2, 0.25) is 0 Å². The molecule has 0 aliphatic carbocycles. The summed E-state index contributed by atoms with van der Waals surface area (Å²) in [7, 11) is 0. The Balaban J connectivity index is 1.67. The van der Waals surface area contributed by atoms with Crippen LogP contribution in [0.1, 0.15) is 22.6 Å². The lowest BCUT2D eigenvalue weighted by Gasteiger charge is -2.25. The molecule has 6 rings (SSSR count). The Bertz CT molecular complexity index is 1660. The van der Waals surface area contributed by atoms with E-state index in [2.05, 4.69) is 0 Å². The summed E-state index contributed by atoms with van der Waals surface area (Å²) in [6.45, 7) is 0. The average Bonchev–Trinajstić information content (AvgIpc) is 2.92. The molecule has 180 valence electrons. The Hall–Kier alpha value is -4.96. The Kier molecular flexibility index (Phi) is 5.42. The van der Waals surface area contributed by atoms with Crippen LogP contribution in [0.25, 0.3) is 32.7 Å². The molecule has 0 saturated heterocycles. The number of rotatable bonds is 4. The largest absolute Gasteiger partial charge is 0.508 e. The maximum Gasteiger partial charge on any atom is 0.123 e. The number of benzene rings is 6. The molecule has 0 atom stereocenters. The van der Waals surface area contributed by atoms with E-state index >= 15 is 0 Å².